The molecule has 7 nitrogen and oxygen atoms in total. The first-order chi connectivity index (χ1) is 9.34. The van der Waals surface area contributed by atoms with Gasteiger partial charge in [-0.2, -0.15) is 0 Å². The summed E-state index contributed by atoms with van der Waals surface area (Å²) in [6, 6.07) is -0.557. The van der Waals surface area contributed by atoms with Gasteiger partial charge >= 0.3 is 5.97 Å². The van der Waals surface area contributed by atoms with Gasteiger partial charge in [-0.1, -0.05) is 0 Å². The van der Waals surface area contributed by atoms with Crippen molar-refractivity contribution < 1.29 is 19.5 Å². The van der Waals surface area contributed by atoms with Crippen molar-refractivity contribution in [2.75, 3.05) is 13.1 Å². The number of carboxylic acids is 1. The number of piperazine rings is 1. The van der Waals surface area contributed by atoms with Crippen LogP contribution < -0.4 is 5.32 Å². The molecule has 1 aromatic heterocycles. The van der Waals surface area contributed by atoms with E-state index < -0.39 is 12.0 Å². The minimum Gasteiger partial charge on any atom is -0.477 e. The molecule has 20 heavy (non-hydrogen) atoms. The molecule has 0 saturated carbocycles. The molecule has 1 aliphatic heterocycles. The first-order valence-electron chi connectivity index (χ1n) is 6.35. The lowest BCUT2D eigenvalue weighted by atomic mass is 10.1. The molecule has 1 aromatic rings. The Hall–Kier alpha value is -2.31. The number of nitrogens with zero attached hydrogens (tertiary/aromatic N) is 1. The molecule has 0 aliphatic carbocycles. The van der Waals surface area contributed by atoms with E-state index in [9.17, 15) is 14.4 Å². The molecular formula is C13H17N3O4. The van der Waals surface area contributed by atoms with E-state index in [1.54, 1.807) is 20.8 Å². The highest BCUT2D eigenvalue weighted by atomic mass is 16.4. The van der Waals surface area contributed by atoms with Gasteiger partial charge in [0, 0.05) is 18.8 Å². The zero-order chi connectivity index (χ0) is 15.0. The highest BCUT2D eigenvalue weighted by Gasteiger charge is 2.32. The SMILES string of the molecule is Cc1[nH]c(C(=O)O)c(C)c1C(=O)N1CCNC(=O)C1C. The third-order valence-electron chi connectivity index (χ3n) is 3.62. The number of hydrogen-bond donors (Lipinski definition) is 3. The minimum absolute atomic E-state index is 0.0139. The summed E-state index contributed by atoms with van der Waals surface area (Å²) in [5.41, 5.74) is 1.25. The largest absolute Gasteiger partial charge is 0.477 e. The molecule has 2 rings (SSSR count). The molecule has 2 amide bonds. The summed E-state index contributed by atoms with van der Waals surface area (Å²) < 4.78 is 0. The van der Waals surface area contributed by atoms with E-state index >= 15 is 0 Å². The Balaban J connectivity index is 2.39. The van der Waals surface area contributed by atoms with Gasteiger partial charge in [0.2, 0.25) is 5.91 Å². The van der Waals surface area contributed by atoms with Crippen LogP contribution in [0.1, 0.15) is 39.0 Å². The standard InChI is InChI=1S/C13H17N3O4/c1-6-9(7(2)15-10(6)13(19)20)12(18)16-5-4-14-11(17)8(16)3/h8,15H,4-5H2,1-3H3,(H,14,17)(H,19,20). The first kappa shape index (κ1) is 14.1. The second kappa shape index (κ2) is 4.99. The number of aryl methyl sites for hydroxylation is 1. The molecule has 3 N–H and O–H groups in total. The maximum atomic E-state index is 12.6. The summed E-state index contributed by atoms with van der Waals surface area (Å²) in [5.74, 6) is -1.62. The summed E-state index contributed by atoms with van der Waals surface area (Å²) in [4.78, 5) is 39.4. The number of carbonyl (C=O) groups is 3. The third-order valence-corrected chi connectivity index (χ3v) is 3.62. The van der Waals surface area contributed by atoms with Crippen LogP contribution in [0.3, 0.4) is 0 Å². The molecule has 1 unspecified atom stereocenters. The lowest BCUT2D eigenvalue weighted by Crippen LogP contribution is -2.56. The highest BCUT2D eigenvalue weighted by Crippen LogP contribution is 2.21. The maximum Gasteiger partial charge on any atom is 0.352 e. The number of amides is 2. The molecule has 0 radical (unpaired) electrons. The van der Waals surface area contributed by atoms with Crippen LogP contribution in [0.25, 0.3) is 0 Å². The Labute approximate surface area is 116 Å². The molecule has 1 saturated heterocycles. The average molecular weight is 279 g/mol. The Bertz CT molecular complexity index is 591. The number of aromatic carboxylic acids is 1. The number of nitrogens with one attached hydrogen (secondary N) is 2. The van der Waals surface area contributed by atoms with Gasteiger partial charge < -0.3 is 20.3 Å². The van der Waals surface area contributed by atoms with Gasteiger partial charge in [0.25, 0.3) is 5.91 Å². The fourth-order valence-electron chi connectivity index (χ4n) is 2.49. The summed E-state index contributed by atoms with van der Waals surface area (Å²) in [6.45, 7) is 5.72. The lowest BCUT2D eigenvalue weighted by molar-refractivity contribution is -0.127. The molecule has 1 aliphatic rings. The summed E-state index contributed by atoms with van der Waals surface area (Å²) in [5, 5.41) is 11.8. The summed E-state index contributed by atoms with van der Waals surface area (Å²) >= 11 is 0. The van der Waals surface area contributed by atoms with Crippen LogP contribution in [0.2, 0.25) is 0 Å². The zero-order valence-corrected chi connectivity index (χ0v) is 11.6. The normalized spacial score (nSPS) is 18.9. The second-order valence-electron chi connectivity index (χ2n) is 4.90. The average Bonchev–Trinajstić information content (AvgIpc) is 2.68. The van der Waals surface area contributed by atoms with Crippen LogP contribution in [0.15, 0.2) is 0 Å². The molecule has 1 fully saturated rings. The van der Waals surface area contributed by atoms with E-state index in [1.165, 1.54) is 4.90 Å². The molecule has 1 atom stereocenters. The van der Waals surface area contributed by atoms with E-state index in [1.807, 2.05) is 0 Å². The molecule has 2 heterocycles. The van der Waals surface area contributed by atoms with Gasteiger partial charge in [-0.15, -0.1) is 0 Å². The third kappa shape index (κ3) is 2.15. The van der Waals surface area contributed by atoms with Crippen LogP contribution >= 0.6 is 0 Å². The predicted molar refractivity (Wildman–Crippen MR) is 70.7 cm³/mol. The van der Waals surface area contributed by atoms with Crippen molar-refractivity contribution in [2.24, 2.45) is 0 Å². The second-order valence-corrected chi connectivity index (χ2v) is 4.90. The van der Waals surface area contributed by atoms with Crippen molar-refractivity contribution in [3.63, 3.8) is 0 Å². The Kier molecular flexibility index (Phi) is 3.52. The Morgan fingerprint density at radius 3 is 2.55 bits per heavy atom. The number of aromatic nitrogens is 1. The monoisotopic (exact) mass is 279 g/mol. The predicted octanol–water partition coefficient (Wildman–Crippen LogP) is 0.290. The van der Waals surface area contributed by atoms with Crippen molar-refractivity contribution in [2.45, 2.75) is 26.8 Å². The Morgan fingerprint density at radius 1 is 1.35 bits per heavy atom. The fraction of sp³-hybridized carbons (Fsp3) is 0.462. The number of carbonyl (C=O) groups excluding carboxylic acids is 2. The summed E-state index contributed by atoms with van der Waals surface area (Å²) in [6.07, 6.45) is 0. The van der Waals surface area contributed by atoms with Crippen molar-refractivity contribution in [3.05, 3.63) is 22.5 Å². The number of rotatable bonds is 2. The zero-order valence-electron chi connectivity index (χ0n) is 11.6. The minimum atomic E-state index is -1.10. The number of H-pyrrole nitrogens is 1. The number of carboxylic acid groups (broad SMARTS) is 1. The van der Waals surface area contributed by atoms with E-state index in [4.69, 9.17) is 5.11 Å². The van der Waals surface area contributed by atoms with Gasteiger partial charge in [-0.05, 0) is 26.3 Å². The van der Waals surface area contributed by atoms with Crippen molar-refractivity contribution in [3.8, 4) is 0 Å². The number of hydrogen-bond acceptors (Lipinski definition) is 3. The van der Waals surface area contributed by atoms with Gasteiger partial charge in [0.1, 0.15) is 11.7 Å². The van der Waals surface area contributed by atoms with Gasteiger partial charge in [0.15, 0.2) is 0 Å². The first-order valence-corrected chi connectivity index (χ1v) is 6.35. The van der Waals surface area contributed by atoms with Gasteiger partial charge in [-0.25, -0.2) is 4.79 Å². The molecule has 7 heteroatoms. The van der Waals surface area contributed by atoms with Crippen LogP contribution in [0.5, 0.6) is 0 Å². The van der Waals surface area contributed by atoms with Crippen molar-refractivity contribution in [1.29, 1.82) is 0 Å². The van der Waals surface area contributed by atoms with Gasteiger partial charge in [0.05, 0.1) is 5.56 Å². The highest BCUT2D eigenvalue weighted by molar-refractivity contribution is 6.02. The van der Waals surface area contributed by atoms with E-state index in [0.29, 0.717) is 29.9 Å². The molecule has 108 valence electrons. The molecular weight excluding hydrogens is 262 g/mol. The van der Waals surface area contributed by atoms with E-state index in [0.717, 1.165) is 0 Å². The summed E-state index contributed by atoms with van der Waals surface area (Å²) in [7, 11) is 0. The van der Waals surface area contributed by atoms with Gasteiger partial charge in [-0.3, -0.25) is 9.59 Å². The molecule has 0 bridgehead atoms. The van der Waals surface area contributed by atoms with E-state index in [-0.39, 0.29) is 17.5 Å². The lowest BCUT2D eigenvalue weighted by Gasteiger charge is -2.33. The van der Waals surface area contributed by atoms with Crippen LogP contribution in [-0.4, -0.2) is 51.9 Å². The van der Waals surface area contributed by atoms with Crippen LogP contribution in [0, 0.1) is 13.8 Å². The van der Waals surface area contributed by atoms with Crippen molar-refractivity contribution in [1.82, 2.24) is 15.2 Å². The fourth-order valence-corrected chi connectivity index (χ4v) is 2.49. The Morgan fingerprint density at radius 2 is 2.00 bits per heavy atom. The van der Waals surface area contributed by atoms with Crippen LogP contribution in [0.4, 0.5) is 0 Å². The molecule has 0 spiro atoms. The molecule has 0 aromatic carbocycles. The van der Waals surface area contributed by atoms with E-state index in [2.05, 4.69) is 10.3 Å². The van der Waals surface area contributed by atoms with Crippen LogP contribution in [-0.2, 0) is 4.79 Å². The quantitative estimate of drug-likeness (QED) is 0.724. The number of aromatic amines is 1. The topological polar surface area (TPSA) is 102 Å². The smallest absolute Gasteiger partial charge is 0.352 e. The van der Waals surface area contributed by atoms with Crippen molar-refractivity contribution >= 4 is 17.8 Å². The maximum absolute atomic E-state index is 12.6.